The first kappa shape index (κ1) is 9.00. The van der Waals surface area contributed by atoms with Gasteiger partial charge in [-0.3, -0.25) is 4.79 Å². The molecule has 1 aliphatic carbocycles. The van der Waals surface area contributed by atoms with E-state index < -0.39 is 0 Å². The molecule has 2 fully saturated rings. The molecule has 0 aromatic heterocycles. The maximum absolute atomic E-state index is 11.7. The normalized spacial score (nSPS) is 31.0. The SMILES string of the molecule is CC1(NC(=O)[C@H]2CCCN2)CCC1. The van der Waals surface area contributed by atoms with Crippen molar-refractivity contribution in [3.8, 4) is 0 Å². The number of hydrogen-bond acceptors (Lipinski definition) is 2. The van der Waals surface area contributed by atoms with Gasteiger partial charge in [-0.25, -0.2) is 0 Å². The Bertz CT molecular complexity index is 205. The van der Waals surface area contributed by atoms with Crippen LogP contribution in [0.25, 0.3) is 0 Å². The minimum absolute atomic E-state index is 0.0809. The first-order valence-corrected chi connectivity index (χ1v) is 5.25. The summed E-state index contributed by atoms with van der Waals surface area (Å²) in [5.41, 5.74) is 0.112. The molecular formula is C10H18N2O. The Labute approximate surface area is 79.3 Å². The van der Waals surface area contributed by atoms with E-state index in [2.05, 4.69) is 17.6 Å². The predicted octanol–water partition coefficient (Wildman–Crippen LogP) is 0.797. The van der Waals surface area contributed by atoms with Gasteiger partial charge >= 0.3 is 0 Å². The Kier molecular flexibility index (Phi) is 2.28. The molecule has 0 bridgehead atoms. The molecule has 13 heavy (non-hydrogen) atoms. The highest BCUT2D eigenvalue weighted by molar-refractivity contribution is 5.82. The average molecular weight is 182 g/mol. The van der Waals surface area contributed by atoms with Gasteiger partial charge in [0, 0.05) is 5.54 Å². The van der Waals surface area contributed by atoms with Crippen LogP contribution in [0.4, 0.5) is 0 Å². The second-order valence-electron chi connectivity index (χ2n) is 4.55. The summed E-state index contributed by atoms with van der Waals surface area (Å²) in [7, 11) is 0. The third kappa shape index (κ3) is 1.85. The quantitative estimate of drug-likeness (QED) is 0.663. The van der Waals surface area contributed by atoms with Gasteiger partial charge in [0.25, 0.3) is 0 Å². The summed E-state index contributed by atoms with van der Waals surface area (Å²) in [6.45, 7) is 3.14. The van der Waals surface area contributed by atoms with E-state index in [-0.39, 0.29) is 17.5 Å². The molecule has 3 heteroatoms. The van der Waals surface area contributed by atoms with Crippen molar-refractivity contribution in [2.45, 2.75) is 50.6 Å². The van der Waals surface area contributed by atoms with E-state index in [1.165, 1.54) is 6.42 Å². The van der Waals surface area contributed by atoms with Crippen molar-refractivity contribution >= 4 is 5.91 Å². The monoisotopic (exact) mass is 182 g/mol. The summed E-state index contributed by atoms with van der Waals surface area (Å²) >= 11 is 0. The molecule has 3 nitrogen and oxygen atoms in total. The van der Waals surface area contributed by atoms with Crippen LogP contribution in [0, 0.1) is 0 Å². The van der Waals surface area contributed by atoms with Gasteiger partial charge in [0.05, 0.1) is 6.04 Å². The molecule has 1 aliphatic heterocycles. The third-order valence-corrected chi connectivity index (χ3v) is 3.26. The van der Waals surface area contributed by atoms with E-state index in [1.54, 1.807) is 0 Å². The van der Waals surface area contributed by atoms with Crippen LogP contribution in [0.3, 0.4) is 0 Å². The molecule has 2 aliphatic rings. The zero-order valence-corrected chi connectivity index (χ0v) is 8.23. The van der Waals surface area contributed by atoms with Gasteiger partial charge in [0.15, 0.2) is 0 Å². The molecule has 1 heterocycles. The van der Waals surface area contributed by atoms with E-state index in [9.17, 15) is 4.79 Å². The van der Waals surface area contributed by atoms with Gasteiger partial charge < -0.3 is 10.6 Å². The van der Waals surface area contributed by atoms with Gasteiger partial charge in [0.1, 0.15) is 0 Å². The predicted molar refractivity (Wildman–Crippen MR) is 51.4 cm³/mol. The lowest BCUT2D eigenvalue weighted by atomic mass is 9.78. The largest absolute Gasteiger partial charge is 0.350 e. The maximum atomic E-state index is 11.7. The van der Waals surface area contributed by atoms with Crippen molar-refractivity contribution in [2.24, 2.45) is 0 Å². The number of hydrogen-bond donors (Lipinski definition) is 2. The molecule has 0 unspecified atom stereocenters. The zero-order chi connectivity index (χ0) is 9.31. The molecule has 0 aromatic carbocycles. The van der Waals surface area contributed by atoms with Crippen molar-refractivity contribution in [1.82, 2.24) is 10.6 Å². The fraction of sp³-hybridized carbons (Fsp3) is 0.900. The van der Waals surface area contributed by atoms with Crippen LogP contribution in [0.2, 0.25) is 0 Å². The average Bonchev–Trinajstić information content (AvgIpc) is 2.53. The van der Waals surface area contributed by atoms with Crippen LogP contribution < -0.4 is 10.6 Å². The summed E-state index contributed by atoms with van der Waals surface area (Å²) in [4.78, 5) is 11.7. The minimum Gasteiger partial charge on any atom is -0.350 e. The molecule has 1 atom stereocenters. The van der Waals surface area contributed by atoms with Gasteiger partial charge in [-0.2, -0.15) is 0 Å². The summed E-state index contributed by atoms with van der Waals surface area (Å²) in [6.07, 6.45) is 5.68. The van der Waals surface area contributed by atoms with Crippen molar-refractivity contribution in [3.05, 3.63) is 0 Å². The van der Waals surface area contributed by atoms with Crippen LogP contribution in [0.1, 0.15) is 39.0 Å². The fourth-order valence-corrected chi connectivity index (χ4v) is 2.12. The Hall–Kier alpha value is -0.570. The first-order chi connectivity index (χ1) is 6.20. The number of rotatable bonds is 2. The van der Waals surface area contributed by atoms with Crippen LogP contribution in [0.5, 0.6) is 0 Å². The zero-order valence-electron chi connectivity index (χ0n) is 8.23. The van der Waals surface area contributed by atoms with Crippen LogP contribution in [-0.2, 0) is 4.79 Å². The highest BCUT2D eigenvalue weighted by Gasteiger charge is 2.35. The second-order valence-corrected chi connectivity index (χ2v) is 4.55. The van der Waals surface area contributed by atoms with E-state index >= 15 is 0 Å². The summed E-state index contributed by atoms with van der Waals surface area (Å²) in [5.74, 6) is 0.208. The summed E-state index contributed by atoms with van der Waals surface area (Å²) in [5, 5.41) is 6.35. The molecule has 0 spiro atoms. The second kappa shape index (κ2) is 3.29. The maximum Gasteiger partial charge on any atom is 0.237 e. The van der Waals surface area contributed by atoms with E-state index in [4.69, 9.17) is 0 Å². The Morgan fingerprint density at radius 3 is 2.69 bits per heavy atom. The highest BCUT2D eigenvalue weighted by atomic mass is 16.2. The Morgan fingerprint density at radius 2 is 2.23 bits per heavy atom. The lowest BCUT2D eigenvalue weighted by molar-refractivity contribution is -0.125. The topological polar surface area (TPSA) is 41.1 Å². The number of carbonyl (C=O) groups excluding carboxylic acids is 1. The molecule has 74 valence electrons. The van der Waals surface area contributed by atoms with Gasteiger partial charge in [0.2, 0.25) is 5.91 Å². The molecule has 0 aromatic rings. The summed E-state index contributed by atoms with van der Waals surface area (Å²) < 4.78 is 0. The molecule has 1 saturated carbocycles. The smallest absolute Gasteiger partial charge is 0.237 e. The van der Waals surface area contributed by atoms with Gasteiger partial charge in [-0.1, -0.05) is 0 Å². The lowest BCUT2D eigenvalue weighted by Crippen LogP contribution is -2.55. The van der Waals surface area contributed by atoms with Crippen LogP contribution >= 0.6 is 0 Å². The van der Waals surface area contributed by atoms with Crippen molar-refractivity contribution < 1.29 is 4.79 Å². The highest BCUT2D eigenvalue weighted by Crippen LogP contribution is 2.31. The van der Waals surface area contributed by atoms with Gasteiger partial charge in [-0.05, 0) is 45.6 Å². The number of nitrogens with one attached hydrogen (secondary N) is 2. The fourth-order valence-electron chi connectivity index (χ4n) is 2.12. The number of carbonyl (C=O) groups is 1. The molecular weight excluding hydrogens is 164 g/mol. The minimum atomic E-state index is 0.0809. The van der Waals surface area contributed by atoms with Gasteiger partial charge in [-0.15, -0.1) is 0 Å². The number of amides is 1. The Balaban J connectivity index is 1.83. The Morgan fingerprint density at radius 1 is 1.46 bits per heavy atom. The van der Waals surface area contributed by atoms with Crippen molar-refractivity contribution in [2.75, 3.05) is 6.54 Å². The standard InChI is InChI=1S/C10H18N2O/c1-10(5-3-6-10)12-9(13)8-4-2-7-11-8/h8,11H,2-7H2,1H3,(H,12,13)/t8-/m1/s1. The third-order valence-electron chi connectivity index (χ3n) is 3.26. The van der Waals surface area contributed by atoms with E-state index in [0.29, 0.717) is 0 Å². The van der Waals surface area contributed by atoms with Crippen molar-refractivity contribution in [3.63, 3.8) is 0 Å². The van der Waals surface area contributed by atoms with E-state index in [0.717, 1.165) is 32.2 Å². The van der Waals surface area contributed by atoms with Crippen molar-refractivity contribution in [1.29, 1.82) is 0 Å². The van der Waals surface area contributed by atoms with Crippen LogP contribution in [-0.4, -0.2) is 24.0 Å². The molecule has 1 saturated heterocycles. The molecule has 2 N–H and O–H groups in total. The summed E-state index contributed by atoms with van der Waals surface area (Å²) in [6, 6.07) is 0.0809. The molecule has 1 amide bonds. The molecule has 0 radical (unpaired) electrons. The van der Waals surface area contributed by atoms with Crippen LogP contribution in [0.15, 0.2) is 0 Å². The van der Waals surface area contributed by atoms with E-state index in [1.807, 2.05) is 0 Å². The molecule has 2 rings (SSSR count). The lowest BCUT2D eigenvalue weighted by Gasteiger charge is -2.39. The first-order valence-electron chi connectivity index (χ1n) is 5.25.